The van der Waals surface area contributed by atoms with Crippen LogP contribution in [0.4, 0.5) is 10.6 Å². The molecule has 1 aromatic carbocycles. The van der Waals surface area contributed by atoms with Gasteiger partial charge >= 0.3 is 6.09 Å². The van der Waals surface area contributed by atoms with Gasteiger partial charge in [0.2, 0.25) is 0 Å². The average molecular weight is 429 g/mol. The van der Waals surface area contributed by atoms with Crippen LogP contribution in [0.3, 0.4) is 0 Å². The van der Waals surface area contributed by atoms with E-state index >= 15 is 0 Å². The van der Waals surface area contributed by atoms with E-state index in [-0.39, 0.29) is 17.9 Å². The quantitative estimate of drug-likeness (QED) is 0.743. The summed E-state index contributed by atoms with van der Waals surface area (Å²) in [6.07, 6.45) is -0.470. The Hall–Kier alpha value is -3.03. The monoisotopic (exact) mass is 428 g/mol. The van der Waals surface area contributed by atoms with Crippen LogP contribution in [0.15, 0.2) is 24.3 Å². The Morgan fingerprint density at radius 3 is 2.58 bits per heavy atom. The van der Waals surface area contributed by atoms with Crippen molar-refractivity contribution in [2.75, 3.05) is 11.9 Å². The van der Waals surface area contributed by atoms with Crippen molar-refractivity contribution in [3.05, 3.63) is 41.1 Å². The molecule has 2 amide bonds. The number of H-pyrrole nitrogens is 1. The van der Waals surface area contributed by atoms with Crippen molar-refractivity contribution in [1.82, 2.24) is 15.1 Å². The number of anilines is 1. The third-order valence-electron chi connectivity index (χ3n) is 5.04. The number of carbonyl (C=O) groups excluding carboxylic acids is 2. The van der Waals surface area contributed by atoms with Crippen LogP contribution in [-0.4, -0.2) is 45.3 Å². The molecule has 2 N–H and O–H groups in total. The van der Waals surface area contributed by atoms with Gasteiger partial charge in [0.05, 0.1) is 6.54 Å². The van der Waals surface area contributed by atoms with Crippen LogP contribution in [0.2, 0.25) is 0 Å². The van der Waals surface area contributed by atoms with Gasteiger partial charge in [-0.05, 0) is 45.2 Å². The molecule has 1 atom stereocenters. The zero-order valence-corrected chi connectivity index (χ0v) is 19.1. The van der Waals surface area contributed by atoms with Crippen LogP contribution < -0.4 is 10.1 Å². The van der Waals surface area contributed by atoms with Crippen molar-refractivity contribution in [1.29, 1.82) is 0 Å². The SMILES string of the molecule is CC(Oc1ccccc1C(C)C)C(=O)Nc1n[nH]c2c1CN(C(=O)OC(C)(C)C)CC2. The number of amides is 2. The lowest BCUT2D eigenvalue weighted by molar-refractivity contribution is -0.122. The van der Waals surface area contributed by atoms with E-state index in [4.69, 9.17) is 9.47 Å². The van der Waals surface area contributed by atoms with E-state index in [0.29, 0.717) is 31.1 Å². The maximum Gasteiger partial charge on any atom is 0.410 e. The lowest BCUT2D eigenvalue weighted by Gasteiger charge is -2.30. The van der Waals surface area contributed by atoms with Gasteiger partial charge in [0.15, 0.2) is 11.9 Å². The minimum absolute atomic E-state index is 0.281. The minimum Gasteiger partial charge on any atom is -0.481 e. The smallest absolute Gasteiger partial charge is 0.410 e. The average Bonchev–Trinajstić information content (AvgIpc) is 3.09. The van der Waals surface area contributed by atoms with Gasteiger partial charge in [-0.3, -0.25) is 9.89 Å². The molecule has 0 fully saturated rings. The highest BCUT2D eigenvalue weighted by atomic mass is 16.6. The Balaban J connectivity index is 1.67. The highest BCUT2D eigenvalue weighted by Crippen LogP contribution is 2.28. The van der Waals surface area contributed by atoms with Gasteiger partial charge in [0, 0.05) is 24.2 Å². The van der Waals surface area contributed by atoms with Crippen LogP contribution in [0.5, 0.6) is 5.75 Å². The molecule has 1 aliphatic heterocycles. The summed E-state index contributed by atoms with van der Waals surface area (Å²) in [5.74, 6) is 1.09. The molecule has 0 aliphatic carbocycles. The Labute approximate surface area is 183 Å². The van der Waals surface area contributed by atoms with Gasteiger partial charge in [-0.2, -0.15) is 5.10 Å². The molecular weight excluding hydrogens is 396 g/mol. The lowest BCUT2D eigenvalue weighted by atomic mass is 10.0. The number of nitrogens with one attached hydrogen (secondary N) is 2. The zero-order chi connectivity index (χ0) is 22.8. The van der Waals surface area contributed by atoms with Gasteiger partial charge < -0.3 is 19.7 Å². The Morgan fingerprint density at radius 2 is 1.90 bits per heavy atom. The number of carbonyl (C=O) groups is 2. The van der Waals surface area contributed by atoms with E-state index in [9.17, 15) is 9.59 Å². The topological polar surface area (TPSA) is 96.5 Å². The minimum atomic E-state index is -0.710. The highest BCUT2D eigenvalue weighted by molar-refractivity contribution is 5.94. The molecule has 31 heavy (non-hydrogen) atoms. The van der Waals surface area contributed by atoms with E-state index in [1.165, 1.54) is 0 Å². The molecule has 0 radical (unpaired) electrons. The molecule has 3 rings (SSSR count). The summed E-state index contributed by atoms with van der Waals surface area (Å²) >= 11 is 0. The van der Waals surface area contributed by atoms with E-state index < -0.39 is 11.7 Å². The van der Waals surface area contributed by atoms with Crippen LogP contribution in [0.1, 0.15) is 64.3 Å². The molecule has 8 heteroatoms. The predicted octanol–water partition coefficient (Wildman–Crippen LogP) is 4.23. The van der Waals surface area contributed by atoms with Crippen LogP contribution >= 0.6 is 0 Å². The fourth-order valence-electron chi connectivity index (χ4n) is 3.41. The third kappa shape index (κ3) is 5.57. The number of para-hydroxylation sites is 1. The molecule has 1 unspecified atom stereocenters. The second-order valence-electron chi connectivity index (χ2n) is 9.12. The first kappa shape index (κ1) is 22.7. The van der Waals surface area contributed by atoms with Crippen LogP contribution in [-0.2, 0) is 22.5 Å². The number of aromatic amines is 1. The summed E-state index contributed by atoms with van der Waals surface area (Å²) in [6.45, 7) is 12.2. The molecule has 168 valence electrons. The number of nitrogens with zero attached hydrogens (tertiary/aromatic N) is 2. The van der Waals surface area contributed by atoms with E-state index in [1.807, 2.05) is 45.0 Å². The molecule has 1 aromatic heterocycles. The van der Waals surface area contributed by atoms with E-state index in [2.05, 4.69) is 29.4 Å². The second kappa shape index (κ2) is 8.99. The first-order valence-corrected chi connectivity index (χ1v) is 10.7. The summed E-state index contributed by atoms with van der Waals surface area (Å²) in [6, 6.07) is 7.72. The Morgan fingerprint density at radius 1 is 1.19 bits per heavy atom. The molecule has 1 aliphatic rings. The summed E-state index contributed by atoms with van der Waals surface area (Å²) in [4.78, 5) is 26.9. The molecule has 0 spiro atoms. The fourth-order valence-corrected chi connectivity index (χ4v) is 3.41. The van der Waals surface area contributed by atoms with Crippen LogP contribution in [0, 0.1) is 0 Å². The summed E-state index contributed by atoms with van der Waals surface area (Å²) < 4.78 is 11.4. The first-order valence-electron chi connectivity index (χ1n) is 10.7. The van der Waals surface area contributed by atoms with Crippen molar-refractivity contribution in [3.63, 3.8) is 0 Å². The van der Waals surface area contributed by atoms with Crippen LogP contribution in [0.25, 0.3) is 0 Å². The number of hydrogen-bond donors (Lipinski definition) is 2. The third-order valence-corrected chi connectivity index (χ3v) is 5.04. The first-order chi connectivity index (χ1) is 14.5. The standard InChI is InChI=1S/C23H32N4O4/c1-14(2)16-9-7-8-10-19(16)30-15(3)21(28)24-20-17-13-27(12-11-18(17)25-26-20)22(29)31-23(4,5)6/h7-10,14-15H,11-13H2,1-6H3,(H2,24,25,26,28). The van der Waals surface area contributed by atoms with Crippen molar-refractivity contribution >= 4 is 17.8 Å². The summed E-state index contributed by atoms with van der Waals surface area (Å²) in [7, 11) is 0. The van der Waals surface area contributed by atoms with E-state index in [0.717, 1.165) is 16.8 Å². The summed E-state index contributed by atoms with van der Waals surface area (Å²) in [5.41, 5.74) is 2.19. The Kier molecular flexibility index (Phi) is 6.57. The second-order valence-corrected chi connectivity index (χ2v) is 9.12. The predicted molar refractivity (Wildman–Crippen MR) is 118 cm³/mol. The van der Waals surface area contributed by atoms with Gasteiger partial charge in [-0.1, -0.05) is 32.0 Å². The summed E-state index contributed by atoms with van der Waals surface area (Å²) in [5, 5.41) is 10.1. The highest BCUT2D eigenvalue weighted by Gasteiger charge is 2.29. The van der Waals surface area contributed by atoms with Crippen molar-refractivity contribution in [2.24, 2.45) is 0 Å². The molecule has 8 nitrogen and oxygen atoms in total. The van der Waals surface area contributed by atoms with Gasteiger partial charge in [-0.15, -0.1) is 0 Å². The number of aromatic nitrogens is 2. The van der Waals surface area contributed by atoms with Crippen molar-refractivity contribution < 1.29 is 19.1 Å². The van der Waals surface area contributed by atoms with Gasteiger partial charge in [0.1, 0.15) is 11.4 Å². The fraction of sp³-hybridized carbons (Fsp3) is 0.522. The molecule has 0 bridgehead atoms. The number of hydrogen-bond acceptors (Lipinski definition) is 5. The van der Waals surface area contributed by atoms with E-state index in [1.54, 1.807) is 11.8 Å². The van der Waals surface area contributed by atoms with Crippen molar-refractivity contribution in [2.45, 2.75) is 72.1 Å². The van der Waals surface area contributed by atoms with Gasteiger partial charge in [0.25, 0.3) is 5.91 Å². The lowest BCUT2D eigenvalue weighted by Crippen LogP contribution is -2.40. The number of rotatable bonds is 5. The Bertz CT molecular complexity index is 945. The normalized spacial score (nSPS) is 14.7. The molecule has 0 saturated carbocycles. The number of fused-ring (bicyclic) bond motifs is 1. The zero-order valence-electron chi connectivity index (χ0n) is 19.1. The largest absolute Gasteiger partial charge is 0.481 e. The molecular formula is C23H32N4O4. The maximum absolute atomic E-state index is 12.8. The van der Waals surface area contributed by atoms with Gasteiger partial charge in [-0.25, -0.2) is 4.79 Å². The number of ether oxygens (including phenoxy) is 2. The maximum atomic E-state index is 12.8. The number of benzene rings is 1. The molecule has 2 heterocycles. The molecule has 2 aromatic rings. The molecule has 0 saturated heterocycles. The van der Waals surface area contributed by atoms with Crippen molar-refractivity contribution in [3.8, 4) is 5.75 Å².